The van der Waals surface area contributed by atoms with Gasteiger partial charge in [-0.1, -0.05) is 18.2 Å². The predicted molar refractivity (Wildman–Crippen MR) is 60.6 cm³/mol. The minimum Gasteiger partial charge on any atom is -0.224 e. The van der Waals surface area contributed by atoms with Crippen molar-refractivity contribution in [2.45, 2.75) is 24.7 Å². The van der Waals surface area contributed by atoms with Crippen LogP contribution in [0.25, 0.3) is 0 Å². The molecule has 2 rings (SSSR count). The lowest BCUT2D eigenvalue weighted by Gasteiger charge is -2.23. The average molecular weight is 235 g/mol. The standard InChI is InChI=1S/C12H13NO2S/c1-12(2,8-13)10-7-16(14,15)11-6-4-3-5-9(10)11/h3-6,10H,7H2,1-2H3. The summed E-state index contributed by atoms with van der Waals surface area (Å²) in [7, 11) is -3.20. The van der Waals surface area contributed by atoms with E-state index in [-0.39, 0.29) is 11.7 Å². The first-order valence-electron chi connectivity index (χ1n) is 5.11. The van der Waals surface area contributed by atoms with E-state index in [1.165, 1.54) is 0 Å². The zero-order valence-corrected chi connectivity index (χ0v) is 10.1. The van der Waals surface area contributed by atoms with Crippen molar-refractivity contribution in [1.29, 1.82) is 5.26 Å². The zero-order chi connectivity index (χ0) is 12.0. The van der Waals surface area contributed by atoms with Crippen molar-refractivity contribution in [2.24, 2.45) is 5.41 Å². The number of sulfone groups is 1. The summed E-state index contributed by atoms with van der Waals surface area (Å²) in [6, 6.07) is 9.17. The van der Waals surface area contributed by atoms with E-state index in [9.17, 15) is 8.42 Å². The molecule has 0 fully saturated rings. The zero-order valence-electron chi connectivity index (χ0n) is 9.27. The molecular formula is C12H13NO2S. The van der Waals surface area contributed by atoms with Gasteiger partial charge in [-0.05, 0) is 25.5 Å². The maximum absolute atomic E-state index is 11.9. The molecule has 1 atom stereocenters. The summed E-state index contributed by atoms with van der Waals surface area (Å²) < 4.78 is 23.8. The van der Waals surface area contributed by atoms with E-state index in [4.69, 9.17) is 5.26 Å². The Kier molecular flexibility index (Phi) is 2.32. The lowest BCUT2D eigenvalue weighted by molar-refractivity contribution is 0.413. The largest absolute Gasteiger partial charge is 0.224 e. The van der Waals surface area contributed by atoms with Crippen LogP contribution in [0.15, 0.2) is 29.2 Å². The number of nitriles is 1. The molecule has 1 heterocycles. The Morgan fingerprint density at radius 1 is 1.38 bits per heavy atom. The van der Waals surface area contributed by atoms with Gasteiger partial charge in [-0.2, -0.15) is 5.26 Å². The first-order valence-corrected chi connectivity index (χ1v) is 6.76. The Hall–Kier alpha value is -1.34. The van der Waals surface area contributed by atoms with Crippen LogP contribution in [0.2, 0.25) is 0 Å². The van der Waals surface area contributed by atoms with Crippen molar-refractivity contribution in [3.8, 4) is 6.07 Å². The lowest BCUT2D eigenvalue weighted by Crippen LogP contribution is -2.21. The molecule has 16 heavy (non-hydrogen) atoms. The summed E-state index contributed by atoms with van der Waals surface area (Å²) in [4.78, 5) is 0.392. The van der Waals surface area contributed by atoms with E-state index in [0.717, 1.165) is 5.56 Å². The Morgan fingerprint density at radius 2 is 2.00 bits per heavy atom. The Balaban J connectivity index is 2.63. The third kappa shape index (κ3) is 1.52. The van der Waals surface area contributed by atoms with Gasteiger partial charge in [0.1, 0.15) is 0 Å². The normalized spacial score (nSPS) is 22.4. The van der Waals surface area contributed by atoms with Gasteiger partial charge in [0.05, 0.1) is 22.1 Å². The second-order valence-electron chi connectivity index (χ2n) is 4.71. The highest BCUT2D eigenvalue weighted by Crippen LogP contribution is 2.44. The van der Waals surface area contributed by atoms with Crippen molar-refractivity contribution < 1.29 is 8.42 Å². The highest BCUT2D eigenvalue weighted by Gasteiger charge is 2.42. The fourth-order valence-corrected chi connectivity index (χ4v) is 4.20. The van der Waals surface area contributed by atoms with Gasteiger partial charge < -0.3 is 0 Å². The molecule has 1 aliphatic heterocycles. The van der Waals surface area contributed by atoms with E-state index >= 15 is 0 Å². The van der Waals surface area contributed by atoms with Crippen LogP contribution in [0, 0.1) is 16.7 Å². The van der Waals surface area contributed by atoms with Crippen LogP contribution in [-0.2, 0) is 9.84 Å². The van der Waals surface area contributed by atoms with Crippen molar-refractivity contribution >= 4 is 9.84 Å². The Labute approximate surface area is 95.6 Å². The Morgan fingerprint density at radius 3 is 2.62 bits per heavy atom. The monoisotopic (exact) mass is 235 g/mol. The molecule has 0 aromatic heterocycles. The Bertz CT molecular complexity index is 567. The number of hydrogen-bond acceptors (Lipinski definition) is 3. The average Bonchev–Trinajstić information content (AvgIpc) is 2.53. The smallest absolute Gasteiger partial charge is 0.179 e. The molecule has 84 valence electrons. The third-order valence-corrected chi connectivity index (χ3v) is 4.99. The van der Waals surface area contributed by atoms with E-state index < -0.39 is 15.3 Å². The number of rotatable bonds is 1. The van der Waals surface area contributed by atoms with Crippen LogP contribution >= 0.6 is 0 Å². The molecule has 0 bridgehead atoms. The molecule has 0 aliphatic carbocycles. The van der Waals surface area contributed by atoms with Gasteiger partial charge in [0.2, 0.25) is 0 Å². The van der Waals surface area contributed by atoms with Crippen molar-refractivity contribution in [3.05, 3.63) is 29.8 Å². The number of nitrogens with zero attached hydrogens (tertiary/aromatic N) is 1. The molecule has 4 heteroatoms. The number of hydrogen-bond donors (Lipinski definition) is 0. The molecule has 0 spiro atoms. The molecule has 1 aromatic carbocycles. The fourth-order valence-electron chi connectivity index (χ4n) is 2.13. The van der Waals surface area contributed by atoms with E-state index in [2.05, 4.69) is 6.07 Å². The van der Waals surface area contributed by atoms with Crippen LogP contribution in [0.3, 0.4) is 0 Å². The predicted octanol–water partition coefficient (Wildman–Crippen LogP) is 2.11. The first-order chi connectivity index (χ1) is 7.38. The quantitative estimate of drug-likeness (QED) is 0.749. The van der Waals surface area contributed by atoms with Gasteiger partial charge in [-0.15, -0.1) is 0 Å². The molecule has 0 amide bonds. The van der Waals surface area contributed by atoms with Crippen molar-refractivity contribution in [1.82, 2.24) is 0 Å². The summed E-state index contributed by atoms with van der Waals surface area (Å²) in [5.41, 5.74) is 0.133. The van der Waals surface area contributed by atoms with Crippen molar-refractivity contribution in [3.63, 3.8) is 0 Å². The maximum Gasteiger partial charge on any atom is 0.179 e. The summed E-state index contributed by atoms with van der Waals surface area (Å²) >= 11 is 0. The van der Waals surface area contributed by atoms with Gasteiger partial charge in [0.15, 0.2) is 9.84 Å². The molecule has 0 N–H and O–H groups in total. The maximum atomic E-state index is 11.9. The number of fused-ring (bicyclic) bond motifs is 1. The van der Waals surface area contributed by atoms with Crippen LogP contribution in [0.4, 0.5) is 0 Å². The SMILES string of the molecule is CC(C)(C#N)C1CS(=O)(=O)c2ccccc21. The second kappa shape index (κ2) is 3.33. The third-order valence-electron chi connectivity index (χ3n) is 3.17. The van der Waals surface area contributed by atoms with Crippen LogP contribution in [0.1, 0.15) is 25.3 Å². The summed E-state index contributed by atoms with van der Waals surface area (Å²) in [6.45, 7) is 3.57. The highest BCUT2D eigenvalue weighted by atomic mass is 32.2. The topological polar surface area (TPSA) is 57.9 Å². The van der Waals surface area contributed by atoms with E-state index in [0.29, 0.717) is 4.90 Å². The second-order valence-corrected chi connectivity index (χ2v) is 6.71. The number of benzene rings is 1. The van der Waals surface area contributed by atoms with Gasteiger partial charge in [0, 0.05) is 5.92 Å². The van der Waals surface area contributed by atoms with Crippen LogP contribution in [0.5, 0.6) is 0 Å². The van der Waals surface area contributed by atoms with Gasteiger partial charge in [0.25, 0.3) is 0 Å². The van der Waals surface area contributed by atoms with Crippen molar-refractivity contribution in [2.75, 3.05) is 5.75 Å². The van der Waals surface area contributed by atoms with Crippen LogP contribution in [-0.4, -0.2) is 14.2 Å². The molecule has 0 radical (unpaired) electrons. The highest BCUT2D eigenvalue weighted by molar-refractivity contribution is 7.91. The van der Waals surface area contributed by atoms with Gasteiger partial charge >= 0.3 is 0 Å². The molecule has 3 nitrogen and oxygen atoms in total. The molecule has 0 saturated heterocycles. The lowest BCUT2D eigenvalue weighted by atomic mass is 9.77. The summed E-state index contributed by atoms with van der Waals surface area (Å²) in [5.74, 6) is -0.175. The molecule has 0 saturated carbocycles. The molecule has 1 aromatic rings. The minimum atomic E-state index is -3.20. The summed E-state index contributed by atoms with van der Waals surface area (Å²) in [6.07, 6.45) is 0. The van der Waals surface area contributed by atoms with E-state index in [1.807, 2.05) is 12.1 Å². The summed E-state index contributed by atoms with van der Waals surface area (Å²) in [5, 5.41) is 9.11. The first kappa shape index (κ1) is 11.2. The van der Waals surface area contributed by atoms with E-state index in [1.54, 1.807) is 26.0 Å². The minimum absolute atomic E-state index is 0.0485. The molecule has 1 unspecified atom stereocenters. The molecular weight excluding hydrogens is 222 g/mol. The van der Waals surface area contributed by atoms with Gasteiger partial charge in [-0.25, -0.2) is 8.42 Å². The molecule has 1 aliphatic rings. The fraction of sp³-hybridized carbons (Fsp3) is 0.417. The van der Waals surface area contributed by atoms with Crippen LogP contribution < -0.4 is 0 Å². The van der Waals surface area contributed by atoms with Gasteiger partial charge in [-0.3, -0.25) is 0 Å².